The molecule has 0 bridgehead atoms. The van der Waals surface area contributed by atoms with Crippen LogP contribution in [0, 0.1) is 0 Å². The number of aryl methyl sites for hydroxylation is 1. The van der Waals surface area contributed by atoms with Gasteiger partial charge in [-0.25, -0.2) is 4.90 Å². The van der Waals surface area contributed by atoms with E-state index < -0.39 is 25.0 Å². The Morgan fingerprint density at radius 1 is 0.689 bits per heavy atom. The van der Waals surface area contributed by atoms with Crippen molar-refractivity contribution in [3.05, 3.63) is 53.6 Å². The molecule has 0 fully saturated rings. The summed E-state index contributed by atoms with van der Waals surface area (Å²) in [5.41, 5.74) is 2.38. The summed E-state index contributed by atoms with van der Waals surface area (Å²) < 4.78 is 20.0. The predicted molar refractivity (Wildman–Crippen MR) is 196 cm³/mol. The highest BCUT2D eigenvalue weighted by Gasteiger charge is 2.42. The van der Waals surface area contributed by atoms with Crippen molar-refractivity contribution in [1.29, 1.82) is 0 Å². The Hall–Kier alpha value is -2.63. The van der Waals surface area contributed by atoms with Crippen LogP contribution in [0.4, 0.5) is 5.69 Å². The fraction of sp³-hybridized carbons (Fsp3) is 0.556. The van der Waals surface area contributed by atoms with Crippen molar-refractivity contribution in [2.75, 3.05) is 4.90 Å². The van der Waals surface area contributed by atoms with E-state index in [0.717, 1.165) is 22.6 Å². The third kappa shape index (κ3) is 8.40. The second-order valence-corrected chi connectivity index (χ2v) is 31.2. The van der Waals surface area contributed by atoms with Crippen LogP contribution >= 0.6 is 0 Å². The van der Waals surface area contributed by atoms with E-state index >= 15 is 0 Å². The van der Waals surface area contributed by atoms with Crippen molar-refractivity contribution < 1.29 is 22.9 Å². The standard InChI is InChI=1S/C36H57NO5Si3/c1-34(2,3)43(10,11)40-28-19-20-29-27(25-28)18-23-33(39)37(29)32(38)22-17-26-16-21-30(41-44(12,13)35(4,5)6)31(24-26)42-45(14,15)36(7,8)9/h16-17,19-22,24-25H,18,23H2,1-15H3. The van der Waals surface area contributed by atoms with Crippen molar-refractivity contribution in [2.24, 2.45) is 0 Å². The number of hydrogen-bond donors (Lipinski definition) is 0. The summed E-state index contributed by atoms with van der Waals surface area (Å²) in [5.74, 6) is 1.68. The highest BCUT2D eigenvalue weighted by atomic mass is 28.4. The van der Waals surface area contributed by atoms with Gasteiger partial charge in [-0.2, -0.15) is 0 Å². The quantitative estimate of drug-likeness (QED) is 0.207. The molecular weight excluding hydrogens is 611 g/mol. The summed E-state index contributed by atoms with van der Waals surface area (Å²) in [4.78, 5) is 27.9. The van der Waals surface area contributed by atoms with E-state index in [2.05, 4.69) is 102 Å². The fourth-order valence-electron chi connectivity index (χ4n) is 4.11. The molecular formula is C36H57NO5Si3. The maximum Gasteiger partial charge on any atom is 0.257 e. The van der Waals surface area contributed by atoms with E-state index in [9.17, 15) is 9.59 Å². The van der Waals surface area contributed by atoms with Gasteiger partial charge in [-0.1, -0.05) is 68.4 Å². The van der Waals surface area contributed by atoms with Crippen LogP contribution in [0.15, 0.2) is 42.5 Å². The van der Waals surface area contributed by atoms with Crippen LogP contribution in [0.2, 0.25) is 54.4 Å². The normalized spacial score (nSPS) is 15.3. The largest absolute Gasteiger partial charge is 0.543 e. The van der Waals surface area contributed by atoms with Gasteiger partial charge in [0.15, 0.2) is 0 Å². The van der Waals surface area contributed by atoms with Crippen molar-refractivity contribution in [3.63, 3.8) is 0 Å². The Balaban J connectivity index is 1.94. The predicted octanol–water partition coefficient (Wildman–Crippen LogP) is 10.4. The molecule has 0 spiro atoms. The van der Waals surface area contributed by atoms with Gasteiger partial charge in [0, 0.05) is 12.5 Å². The lowest BCUT2D eigenvalue weighted by molar-refractivity contribution is -0.124. The van der Waals surface area contributed by atoms with Crippen LogP contribution < -0.4 is 18.2 Å². The van der Waals surface area contributed by atoms with Gasteiger partial charge >= 0.3 is 0 Å². The van der Waals surface area contributed by atoms with Gasteiger partial charge in [0.05, 0.1) is 5.69 Å². The third-order valence-corrected chi connectivity index (χ3v) is 23.3. The summed E-state index contributed by atoms with van der Waals surface area (Å²) in [6, 6.07) is 11.6. The maximum atomic E-state index is 13.6. The highest BCUT2D eigenvalue weighted by Crippen LogP contribution is 2.44. The summed E-state index contributed by atoms with van der Waals surface area (Å²) in [6.45, 7) is 33.3. The molecule has 248 valence electrons. The molecule has 0 atom stereocenters. The fourth-order valence-corrected chi connectivity index (χ4v) is 7.17. The smallest absolute Gasteiger partial charge is 0.257 e. The zero-order valence-electron chi connectivity index (χ0n) is 30.5. The van der Waals surface area contributed by atoms with Crippen molar-refractivity contribution >= 4 is 48.5 Å². The third-order valence-electron chi connectivity index (χ3n) is 10.3. The van der Waals surface area contributed by atoms with Gasteiger partial charge in [-0.05, 0) is 108 Å². The number of rotatable bonds is 8. The summed E-state index contributed by atoms with van der Waals surface area (Å²) in [5, 5.41) is 0.0953. The minimum atomic E-state index is -2.19. The monoisotopic (exact) mass is 667 g/mol. The van der Waals surface area contributed by atoms with Crippen LogP contribution in [-0.4, -0.2) is 36.8 Å². The molecule has 3 rings (SSSR count). The minimum Gasteiger partial charge on any atom is -0.543 e. The van der Waals surface area contributed by atoms with Gasteiger partial charge in [0.25, 0.3) is 22.5 Å². The van der Waals surface area contributed by atoms with Crippen LogP contribution in [0.1, 0.15) is 79.9 Å². The van der Waals surface area contributed by atoms with Gasteiger partial charge in [-0.15, -0.1) is 0 Å². The molecule has 0 unspecified atom stereocenters. The molecule has 0 radical (unpaired) electrons. The number of hydrogen-bond acceptors (Lipinski definition) is 5. The first-order chi connectivity index (χ1) is 20.3. The number of fused-ring (bicyclic) bond motifs is 1. The van der Waals surface area contributed by atoms with E-state index in [0.29, 0.717) is 17.9 Å². The van der Waals surface area contributed by atoms with Crippen molar-refractivity contribution in [2.45, 2.75) is 130 Å². The first-order valence-corrected chi connectivity index (χ1v) is 24.9. The average Bonchev–Trinajstić information content (AvgIpc) is 2.86. The molecule has 0 aliphatic carbocycles. The number of benzene rings is 2. The Bertz CT molecular complexity index is 1460. The maximum absolute atomic E-state index is 13.6. The Morgan fingerprint density at radius 3 is 1.73 bits per heavy atom. The first-order valence-electron chi connectivity index (χ1n) is 16.1. The topological polar surface area (TPSA) is 65.1 Å². The number of nitrogens with zero attached hydrogens (tertiary/aromatic N) is 1. The molecule has 2 aromatic rings. The minimum absolute atomic E-state index is 0.000653. The molecule has 1 aliphatic heterocycles. The number of anilines is 1. The molecule has 0 saturated carbocycles. The number of imide groups is 1. The zero-order chi connectivity index (χ0) is 34.4. The second-order valence-electron chi connectivity index (χ2n) is 17.0. The van der Waals surface area contributed by atoms with Gasteiger partial charge in [0.1, 0.15) is 17.2 Å². The number of carbonyl (C=O) groups excluding carboxylic acids is 2. The van der Waals surface area contributed by atoms with Crippen LogP contribution in [0.25, 0.3) is 6.08 Å². The molecule has 1 heterocycles. The Kier molecular flexibility index (Phi) is 10.3. The lowest BCUT2D eigenvalue weighted by Crippen LogP contribution is -2.45. The van der Waals surface area contributed by atoms with Crippen LogP contribution in [-0.2, 0) is 16.0 Å². The molecule has 0 saturated heterocycles. The number of carbonyl (C=O) groups is 2. The van der Waals surface area contributed by atoms with E-state index in [1.807, 2.05) is 36.4 Å². The lowest BCUT2D eigenvalue weighted by atomic mass is 10.0. The van der Waals surface area contributed by atoms with Gasteiger partial charge in [0.2, 0.25) is 14.2 Å². The molecule has 45 heavy (non-hydrogen) atoms. The Labute approximate surface area is 275 Å². The lowest BCUT2D eigenvalue weighted by Gasteiger charge is -2.39. The summed E-state index contributed by atoms with van der Waals surface area (Å²) in [7, 11) is -6.34. The molecule has 2 aromatic carbocycles. The molecule has 0 aromatic heterocycles. The first kappa shape index (κ1) is 36.8. The molecule has 0 N–H and O–H groups in total. The van der Waals surface area contributed by atoms with E-state index in [4.69, 9.17) is 13.3 Å². The van der Waals surface area contributed by atoms with Crippen molar-refractivity contribution in [1.82, 2.24) is 0 Å². The zero-order valence-corrected chi connectivity index (χ0v) is 33.5. The SMILES string of the molecule is CC(C)(C)[Si](C)(C)Oc1ccc2c(c1)CCC(=O)N2C(=O)C=Cc1ccc(O[Si](C)(C)C(C)(C)C)c(O[Si](C)(C)C(C)(C)C)c1. The number of amides is 2. The molecule has 1 aliphatic rings. The summed E-state index contributed by atoms with van der Waals surface area (Å²) >= 11 is 0. The van der Waals surface area contributed by atoms with Crippen molar-refractivity contribution in [3.8, 4) is 17.2 Å². The van der Waals surface area contributed by atoms with Crippen LogP contribution in [0.5, 0.6) is 17.2 Å². The Morgan fingerprint density at radius 2 is 1.20 bits per heavy atom. The average molecular weight is 668 g/mol. The second kappa shape index (κ2) is 12.5. The van der Waals surface area contributed by atoms with Gasteiger partial charge in [-0.3, -0.25) is 9.59 Å². The molecule has 6 nitrogen and oxygen atoms in total. The van der Waals surface area contributed by atoms with E-state index in [-0.39, 0.29) is 33.3 Å². The van der Waals surface area contributed by atoms with E-state index in [1.54, 1.807) is 6.08 Å². The highest BCUT2D eigenvalue weighted by molar-refractivity contribution is 6.75. The van der Waals surface area contributed by atoms with Gasteiger partial charge < -0.3 is 13.3 Å². The molecule has 9 heteroatoms. The molecule has 2 amide bonds. The summed E-state index contributed by atoms with van der Waals surface area (Å²) in [6.07, 6.45) is 4.10. The van der Waals surface area contributed by atoms with Crippen LogP contribution in [0.3, 0.4) is 0 Å². The van der Waals surface area contributed by atoms with E-state index in [1.165, 1.54) is 11.0 Å².